The minimum atomic E-state index is -0.923. The van der Waals surface area contributed by atoms with E-state index in [1.54, 1.807) is 0 Å². The lowest BCUT2D eigenvalue weighted by molar-refractivity contribution is -0.130. The number of aliphatic hydroxyl groups excluding tert-OH is 3. The number of rotatable bonds is 0. The molecule has 3 aliphatic rings. The van der Waals surface area contributed by atoms with Gasteiger partial charge in [0, 0.05) is 24.9 Å². The Bertz CT molecular complexity index is 321. The van der Waals surface area contributed by atoms with Gasteiger partial charge in [0.2, 0.25) is 0 Å². The van der Waals surface area contributed by atoms with E-state index in [1.165, 1.54) is 0 Å². The van der Waals surface area contributed by atoms with Gasteiger partial charge < -0.3 is 15.3 Å². The Morgan fingerprint density at radius 1 is 1.06 bits per heavy atom. The normalized spacial score (nSPS) is 52.8. The zero-order chi connectivity index (χ0) is 11.4. The van der Waals surface area contributed by atoms with Crippen LogP contribution in [-0.2, 0) is 4.79 Å². The summed E-state index contributed by atoms with van der Waals surface area (Å²) in [4.78, 5) is 13.5. The van der Waals surface area contributed by atoms with Gasteiger partial charge >= 0.3 is 0 Å². The molecule has 6 atom stereocenters. The quantitative estimate of drug-likeness (QED) is 0.476. The molecule has 0 spiro atoms. The highest BCUT2D eigenvalue weighted by Gasteiger charge is 2.56. The van der Waals surface area contributed by atoms with E-state index in [-0.39, 0.29) is 23.9 Å². The van der Waals surface area contributed by atoms with Crippen LogP contribution in [0.3, 0.4) is 0 Å². The number of carbonyl (C=O) groups excluding carboxylic acids is 1. The van der Waals surface area contributed by atoms with Crippen molar-refractivity contribution in [1.29, 1.82) is 0 Å². The first-order valence-electron chi connectivity index (χ1n) is 5.93. The summed E-state index contributed by atoms with van der Waals surface area (Å²) in [6, 6.07) is -0.570. The average Bonchev–Trinajstić information content (AvgIpc) is 2.49. The molecule has 3 rings (SSSR count). The summed E-state index contributed by atoms with van der Waals surface area (Å²) in [5.74, 6) is 0.162. The van der Waals surface area contributed by atoms with Gasteiger partial charge in [-0.25, -0.2) is 0 Å². The molecule has 3 saturated heterocycles. The van der Waals surface area contributed by atoms with Crippen LogP contribution < -0.4 is 0 Å². The van der Waals surface area contributed by atoms with Crippen molar-refractivity contribution >= 4 is 5.78 Å². The van der Waals surface area contributed by atoms with Crippen LogP contribution in [0.25, 0.3) is 0 Å². The van der Waals surface area contributed by atoms with E-state index in [2.05, 4.69) is 0 Å². The Morgan fingerprint density at radius 3 is 2.56 bits per heavy atom. The molecule has 0 amide bonds. The van der Waals surface area contributed by atoms with Crippen LogP contribution >= 0.6 is 0 Å². The molecule has 3 N–H and O–H groups in total. The van der Waals surface area contributed by atoms with E-state index in [1.807, 2.05) is 4.90 Å². The Morgan fingerprint density at radius 2 is 1.81 bits per heavy atom. The maximum Gasteiger partial charge on any atom is 0.136 e. The van der Waals surface area contributed by atoms with E-state index in [9.17, 15) is 20.1 Å². The minimum absolute atomic E-state index is 0.103. The monoisotopic (exact) mass is 227 g/mol. The third-order valence-corrected chi connectivity index (χ3v) is 4.33. The van der Waals surface area contributed by atoms with Crippen molar-refractivity contribution in [3.8, 4) is 0 Å². The second kappa shape index (κ2) is 3.50. The van der Waals surface area contributed by atoms with E-state index in [0.717, 1.165) is 6.42 Å². The number of Topliss-reactive ketones (excluding diaryl/α,β-unsaturated/α-hetero) is 1. The Balaban J connectivity index is 1.95. The minimum Gasteiger partial charge on any atom is -0.391 e. The third-order valence-electron chi connectivity index (χ3n) is 4.33. The molecular weight excluding hydrogens is 210 g/mol. The number of ketones is 1. The summed E-state index contributed by atoms with van der Waals surface area (Å²) >= 11 is 0. The van der Waals surface area contributed by atoms with E-state index >= 15 is 0 Å². The predicted molar refractivity (Wildman–Crippen MR) is 54.7 cm³/mol. The first-order valence-corrected chi connectivity index (χ1v) is 5.93. The van der Waals surface area contributed by atoms with Crippen LogP contribution in [0, 0.1) is 0 Å². The molecule has 3 aliphatic heterocycles. The van der Waals surface area contributed by atoms with E-state index in [4.69, 9.17) is 0 Å². The molecule has 0 saturated carbocycles. The SMILES string of the molecule is O=C1CC2CC[C@@H](O)[C@@H]3[C@H](O)[C@H](O)C(C1)N23. The standard InChI is InChI=1S/C11H17NO4/c13-6-3-5-1-2-8(14)9-11(16)10(15)7(4-6)12(5)9/h5,7-11,14-16H,1-4H2/t5?,7?,8-,9-,10-,11+/m1/s1. The van der Waals surface area contributed by atoms with Crippen LogP contribution in [0.2, 0.25) is 0 Å². The molecule has 3 heterocycles. The summed E-state index contributed by atoms with van der Waals surface area (Å²) in [7, 11) is 0. The van der Waals surface area contributed by atoms with Crippen molar-refractivity contribution in [2.24, 2.45) is 0 Å². The zero-order valence-corrected chi connectivity index (χ0v) is 8.99. The van der Waals surface area contributed by atoms with Gasteiger partial charge in [-0.15, -0.1) is 0 Å². The van der Waals surface area contributed by atoms with E-state index in [0.29, 0.717) is 19.3 Å². The molecule has 0 aromatic rings. The lowest BCUT2D eigenvalue weighted by Crippen LogP contribution is -2.58. The fourth-order valence-corrected chi connectivity index (χ4v) is 3.64. The molecule has 0 bridgehead atoms. The van der Waals surface area contributed by atoms with Crippen LogP contribution in [0.5, 0.6) is 0 Å². The highest BCUT2D eigenvalue weighted by atomic mass is 16.3. The maximum absolute atomic E-state index is 11.6. The smallest absolute Gasteiger partial charge is 0.136 e. The second-order valence-corrected chi connectivity index (χ2v) is 5.23. The largest absolute Gasteiger partial charge is 0.391 e. The molecule has 5 heteroatoms. The van der Waals surface area contributed by atoms with Crippen LogP contribution in [0.1, 0.15) is 25.7 Å². The lowest BCUT2D eigenvalue weighted by atomic mass is 9.87. The van der Waals surface area contributed by atoms with Crippen LogP contribution in [-0.4, -0.2) is 62.4 Å². The molecule has 0 radical (unpaired) electrons. The average molecular weight is 227 g/mol. The first-order chi connectivity index (χ1) is 7.59. The molecule has 3 fully saturated rings. The van der Waals surface area contributed by atoms with Gasteiger partial charge in [0.05, 0.1) is 24.4 Å². The van der Waals surface area contributed by atoms with Gasteiger partial charge in [-0.05, 0) is 12.8 Å². The number of nitrogens with zero attached hydrogens (tertiary/aromatic N) is 1. The van der Waals surface area contributed by atoms with Gasteiger partial charge in [0.1, 0.15) is 5.78 Å². The molecular formula is C11H17NO4. The number of piperidine rings is 2. The summed E-state index contributed by atoms with van der Waals surface area (Å²) in [6.07, 6.45) is -0.219. The van der Waals surface area contributed by atoms with Crippen LogP contribution in [0.15, 0.2) is 0 Å². The van der Waals surface area contributed by atoms with Crippen molar-refractivity contribution in [2.45, 2.75) is 62.1 Å². The summed E-state index contributed by atoms with van der Waals surface area (Å²) in [5.41, 5.74) is 0. The van der Waals surface area contributed by atoms with Crippen molar-refractivity contribution in [3.63, 3.8) is 0 Å². The van der Waals surface area contributed by atoms with Gasteiger partial charge in [0.15, 0.2) is 0 Å². The second-order valence-electron chi connectivity index (χ2n) is 5.23. The number of hydrogen-bond donors (Lipinski definition) is 3. The topological polar surface area (TPSA) is 81.0 Å². The fourth-order valence-electron chi connectivity index (χ4n) is 3.64. The molecule has 5 nitrogen and oxygen atoms in total. The van der Waals surface area contributed by atoms with Gasteiger partial charge in [-0.1, -0.05) is 0 Å². The first kappa shape index (κ1) is 10.7. The van der Waals surface area contributed by atoms with E-state index < -0.39 is 18.3 Å². The maximum atomic E-state index is 11.6. The van der Waals surface area contributed by atoms with Crippen molar-refractivity contribution < 1.29 is 20.1 Å². The zero-order valence-electron chi connectivity index (χ0n) is 8.99. The fraction of sp³-hybridized carbons (Fsp3) is 0.909. The summed E-state index contributed by atoms with van der Waals surface area (Å²) in [5, 5.41) is 29.7. The number of aliphatic hydroxyl groups is 3. The molecule has 0 aliphatic carbocycles. The highest BCUT2D eigenvalue weighted by Crippen LogP contribution is 2.41. The lowest BCUT2D eigenvalue weighted by Gasteiger charge is -2.46. The molecule has 2 unspecified atom stereocenters. The van der Waals surface area contributed by atoms with Crippen molar-refractivity contribution in [3.05, 3.63) is 0 Å². The summed E-state index contributed by atoms with van der Waals surface area (Å²) < 4.78 is 0. The van der Waals surface area contributed by atoms with Crippen LogP contribution in [0.4, 0.5) is 0 Å². The molecule has 90 valence electrons. The predicted octanol–water partition coefficient (Wildman–Crippen LogP) is -1.35. The number of hydrogen-bond acceptors (Lipinski definition) is 5. The number of carbonyl (C=O) groups is 1. The Hall–Kier alpha value is -0.490. The van der Waals surface area contributed by atoms with Gasteiger partial charge in [-0.2, -0.15) is 0 Å². The Kier molecular flexibility index (Phi) is 2.33. The summed E-state index contributed by atoms with van der Waals surface area (Å²) in [6.45, 7) is 0. The Labute approximate surface area is 93.7 Å². The van der Waals surface area contributed by atoms with Gasteiger partial charge in [0.25, 0.3) is 0 Å². The van der Waals surface area contributed by atoms with Crippen molar-refractivity contribution in [2.75, 3.05) is 0 Å². The van der Waals surface area contributed by atoms with Gasteiger partial charge in [-0.3, -0.25) is 9.69 Å². The third kappa shape index (κ3) is 1.29. The molecule has 0 aromatic carbocycles. The molecule has 16 heavy (non-hydrogen) atoms. The van der Waals surface area contributed by atoms with Crippen molar-refractivity contribution in [1.82, 2.24) is 4.90 Å². The highest BCUT2D eigenvalue weighted by molar-refractivity contribution is 5.80. The molecule has 0 aromatic heterocycles.